The maximum atomic E-state index is 10.7. The molecule has 2 nitrogen and oxygen atoms in total. The molecule has 0 radical (unpaired) electrons. The lowest BCUT2D eigenvalue weighted by Crippen LogP contribution is -2.10. The van der Waals surface area contributed by atoms with E-state index in [-0.39, 0.29) is 11.9 Å². The summed E-state index contributed by atoms with van der Waals surface area (Å²) in [6, 6.07) is 0. The van der Waals surface area contributed by atoms with Crippen molar-refractivity contribution in [3.63, 3.8) is 0 Å². The lowest BCUT2D eigenvalue weighted by Gasteiger charge is -2.03. The molecule has 0 N–H and O–H groups in total. The molecule has 0 unspecified atom stereocenters. The predicted molar refractivity (Wildman–Crippen MR) is 39.3 cm³/mol. The average molecular weight is 148 g/mol. The summed E-state index contributed by atoms with van der Waals surface area (Å²) >= 11 is 1.50. The summed E-state index contributed by atoms with van der Waals surface area (Å²) in [6.45, 7) is 3.64. The maximum Gasteiger partial charge on any atom is 0.309 e. The first-order valence-corrected chi connectivity index (χ1v) is 4.23. The molecule has 0 aromatic carbocycles. The Bertz CT molecular complexity index is 91.1. The smallest absolute Gasteiger partial charge is 0.309 e. The maximum absolute atomic E-state index is 10.7. The van der Waals surface area contributed by atoms with Crippen LogP contribution in [0.25, 0.3) is 0 Å². The highest BCUT2D eigenvalue weighted by Crippen LogP contribution is 1.99. The van der Waals surface area contributed by atoms with Crippen LogP contribution in [0.15, 0.2) is 0 Å². The van der Waals surface area contributed by atoms with E-state index in [1.54, 1.807) is 0 Å². The minimum Gasteiger partial charge on any atom is -0.454 e. The number of carbonyl (C=O) groups is 1. The molecule has 0 spiro atoms. The van der Waals surface area contributed by atoms with E-state index in [0.29, 0.717) is 5.94 Å². The summed E-state index contributed by atoms with van der Waals surface area (Å²) in [5, 5.41) is 0. The van der Waals surface area contributed by atoms with Gasteiger partial charge in [-0.3, -0.25) is 4.79 Å². The van der Waals surface area contributed by atoms with E-state index in [9.17, 15) is 4.79 Å². The molecule has 54 valence electrons. The van der Waals surface area contributed by atoms with Gasteiger partial charge in [-0.15, -0.1) is 11.8 Å². The van der Waals surface area contributed by atoms with E-state index in [1.165, 1.54) is 11.8 Å². The van der Waals surface area contributed by atoms with Gasteiger partial charge in [0.05, 0.1) is 5.92 Å². The first-order valence-electron chi connectivity index (χ1n) is 2.84. The minimum absolute atomic E-state index is 0.00264. The molecule has 0 saturated heterocycles. The Labute approximate surface area is 60.0 Å². The molecule has 0 fully saturated rings. The Morgan fingerprint density at radius 1 is 1.67 bits per heavy atom. The van der Waals surface area contributed by atoms with Gasteiger partial charge in [0.2, 0.25) is 0 Å². The molecule has 0 bridgehead atoms. The molecule has 3 heteroatoms. The highest BCUT2D eigenvalue weighted by atomic mass is 32.2. The Balaban J connectivity index is 3.28. The lowest BCUT2D eigenvalue weighted by atomic mass is 10.2. The largest absolute Gasteiger partial charge is 0.454 e. The molecule has 0 aliphatic rings. The standard InChI is InChI=1S/C6H12O2S/c1-5(2)6(7)8-4-9-3/h5H,4H2,1-3H3. The number of carbonyl (C=O) groups excluding carboxylic acids is 1. The average Bonchev–Trinajstić information content (AvgIpc) is 1.82. The molecule has 0 aromatic rings. The van der Waals surface area contributed by atoms with Crippen LogP contribution in [-0.4, -0.2) is 18.2 Å². The summed E-state index contributed by atoms with van der Waals surface area (Å²) in [5.74, 6) is 0.346. The zero-order valence-corrected chi connectivity index (χ0v) is 6.83. The Kier molecular flexibility index (Phi) is 4.58. The van der Waals surface area contributed by atoms with Gasteiger partial charge in [0, 0.05) is 0 Å². The molecule has 0 aromatic heterocycles. The predicted octanol–water partition coefficient (Wildman–Crippen LogP) is 1.51. The van der Waals surface area contributed by atoms with Crippen LogP contribution in [0.1, 0.15) is 13.8 Å². The van der Waals surface area contributed by atoms with Gasteiger partial charge in [-0.1, -0.05) is 13.8 Å². The molecule has 0 aliphatic carbocycles. The molecule has 0 rings (SSSR count). The van der Waals surface area contributed by atoms with Crippen LogP contribution in [0.2, 0.25) is 0 Å². The fourth-order valence-electron chi connectivity index (χ4n) is 0.284. The molecular formula is C6H12O2S. The van der Waals surface area contributed by atoms with Crippen LogP contribution in [0, 0.1) is 5.92 Å². The van der Waals surface area contributed by atoms with Crippen molar-refractivity contribution in [1.82, 2.24) is 0 Å². The first kappa shape index (κ1) is 8.82. The highest BCUT2D eigenvalue weighted by molar-refractivity contribution is 7.98. The second-order valence-electron chi connectivity index (χ2n) is 2.02. The molecule has 9 heavy (non-hydrogen) atoms. The van der Waals surface area contributed by atoms with Crippen molar-refractivity contribution < 1.29 is 9.53 Å². The normalized spacial score (nSPS) is 9.78. The van der Waals surface area contributed by atoms with Crippen molar-refractivity contribution in [3.05, 3.63) is 0 Å². The van der Waals surface area contributed by atoms with Gasteiger partial charge in [-0.25, -0.2) is 0 Å². The van der Waals surface area contributed by atoms with Gasteiger partial charge in [0.25, 0.3) is 0 Å². The number of esters is 1. The van der Waals surface area contributed by atoms with E-state index in [4.69, 9.17) is 4.74 Å². The number of thioether (sulfide) groups is 1. The van der Waals surface area contributed by atoms with E-state index >= 15 is 0 Å². The van der Waals surface area contributed by atoms with Crippen LogP contribution in [0.3, 0.4) is 0 Å². The third kappa shape index (κ3) is 4.33. The van der Waals surface area contributed by atoms with Gasteiger partial charge in [-0.05, 0) is 6.26 Å². The first-order chi connectivity index (χ1) is 4.18. The van der Waals surface area contributed by atoms with Crippen LogP contribution in [0.4, 0.5) is 0 Å². The van der Waals surface area contributed by atoms with Crippen LogP contribution >= 0.6 is 11.8 Å². The van der Waals surface area contributed by atoms with Crippen LogP contribution < -0.4 is 0 Å². The second kappa shape index (κ2) is 4.68. The third-order valence-electron chi connectivity index (χ3n) is 0.790. The third-order valence-corrected chi connectivity index (χ3v) is 1.14. The topological polar surface area (TPSA) is 26.3 Å². The fourth-order valence-corrected chi connectivity index (χ4v) is 0.518. The van der Waals surface area contributed by atoms with Gasteiger partial charge in [0.15, 0.2) is 0 Å². The summed E-state index contributed by atoms with van der Waals surface area (Å²) in [4.78, 5) is 10.7. The summed E-state index contributed by atoms with van der Waals surface area (Å²) in [6.07, 6.45) is 1.90. The summed E-state index contributed by atoms with van der Waals surface area (Å²) in [5.41, 5.74) is 0. The van der Waals surface area contributed by atoms with Gasteiger partial charge in [0.1, 0.15) is 5.94 Å². The monoisotopic (exact) mass is 148 g/mol. The van der Waals surface area contributed by atoms with Crippen molar-refractivity contribution in [3.8, 4) is 0 Å². The van der Waals surface area contributed by atoms with E-state index < -0.39 is 0 Å². The Morgan fingerprint density at radius 2 is 2.22 bits per heavy atom. The van der Waals surface area contributed by atoms with Crippen molar-refractivity contribution in [2.45, 2.75) is 13.8 Å². The van der Waals surface area contributed by atoms with Crippen LogP contribution in [-0.2, 0) is 9.53 Å². The van der Waals surface area contributed by atoms with Gasteiger partial charge < -0.3 is 4.74 Å². The zero-order valence-electron chi connectivity index (χ0n) is 6.01. The molecule has 0 atom stereocenters. The molecule has 0 saturated carbocycles. The Morgan fingerprint density at radius 3 is 2.56 bits per heavy atom. The second-order valence-corrected chi connectivity index (χ2v) is 2.84. The molecule has 0 amide bonds. The van der Waals surface area contributed by atoms with Crippen LogP contribution in [0.5, 0.6) is 0 Å². The summed E-state index contributed by atoms with van der Waals surface area (Å²) < 4.78 is 4.78. The van der Waals surface area contributed by atoms with Crippen molar-refractivity contribution in [1.29, 1.82) is 0 Å². The van der Waals surface area contributed by atoms with Gasteiger partial charge >= 0.3 is 5.97 Å². The van der Waals surface area contributed by atoms with Crippen molar-refractivity contribution in [2.75, 3.05) is 12.2 Å². The molecule has 0 heterocycles. The number of rotatable bonds is 3. The van der Waals surface area contributed by atoms with E-state index in [0.717, 1.165) is 0 Å². The van der Waals surface area contributed by atoms with E-state index in [1.807, 2.05) is 20.1 Å². The zero-order chi connectivity index (χ0) is 7.28. The van der Waals surface area contributed by atoms with E-state index in [2.05, 4.69) is 0 Å². The lowest BCUT2D eigenvalue weighted by molar-refractivity contribution is -0.144. The fraction of sp³-hybridized carbons (Fsp3) is 0.833. The molecular weight excluding hydrogens is 136 g/mol. The number of hydrogen-bond acceptors (Lipinski definition) is 3. The Hall–Kier alpha value is -0.180. The number of hydrogen-bond donors (Lipinski definition) is 0. The quantitative estimate of drug-likeness (QED) is 0.448. The van der Waals surface area contributed by atoms with Gasteiger partial charge in [-0.2, -0.15) is 0 Å². The minimum atomic E-state index is -0.121. The highest BCUT2D eigenvalue weighted by Gasteiger charge is 2.05. The summed E-state index contributed by atoms with van der Waals surface area (Å²) in [7, 11) is 0. The SMILES string of the molecule is CSCOC(=O)C(C)C. The van der Waals surface area contributed by atoms with Crippen molar-refractivity contribution >= 4 is 17.7 Å². The molecule has 0 aliphatic heterocycles. The van der Waals surface area contributed by atoms with Crippen molar-refractivity contribution in [2.24, 2.45) is 5.92 Å². The number of ether oxygens (including phenoxy) is 1.